The first-order chi connectivity index (χ1) is 16.0. The Morgan fingerprint density at radius 2 is 1.70 bits per heavy atom. The normalized spacial score (nSPS) is 16.1. The lowest BCUT2D eigenvalue weighted by molar-refractivity contribution is -0.125. The van der Waals surface area contributed by atoms with Gasteiger partial charge in [-0.3, -0.25) is 14.5 Å². The quantitative estimate of drug-likeness (QED) is 0.354. The van der Waals surface area contributed by atoms with Crippen molar-refractivity contribution in [1.82, 2.24) is 4.98 Å². The lowest BCUT2D eigenvalue weighted by atomic mass is 10.0. The number of rotatable bonds is 5. The third kappa shape index (κ3) is 3.94. The van der Waals surface area contributed by atoms with Crippen LogP contribution in [0.25, 0.3) is 21.8 Å². The van der Waals surface area contributed by atoms with Crippen LogP contribution in [0.1, 0.15) is 24.2 Å². The minimum Gasteiger partial charge on any atom is -0.479 e. The number of amides is 1. The van der Waals surface area contributed by atoms with Gasteiger partial charge in [-0.1, -0.05) is 60.7 Å². The van der Waals surface area contributed by atoms with Gasteiger partial charge in [0, 0.05) is 22.1 Å². The second kappa shape index (κ2) is 8.64. The van der Waals surface area contributed by atoms with Crippen LogP contribution in [-0.2, 0) is 4.79 Å². The monoisotopic (exact) mass is 454 g/mol. The average Bonchev–Trinajstić information content (AvgIpc) is 3.35. The van der Waals surface area contributed by atoms with E-state index >= 15 is 0 Å². The van der Waals surface area contributed by atoms with E-state index in [1.54, 1.807) is 42.2 Å². The molecule has 33 heavy (non-hydrogen) atoms. The number of anilines is 1. The molecule has 0 aliphatic carbocycles. The third-order valence-corrected chi connectivity index (χ3v) is 6.64. The Kier molecular flexibility index (Phi) is 5.52. The van der Waals surface area contributed by atoms with Crippen molar-refractivity contribution >= 4 is 28.7 Å². The van der Waals surface area contributed by atoms with Crippen LogP contribution in [0, 0.1) is 0 Å². The number of aromatic nitrogens is 1. The first kappa shape index (κ1) is 21.1. The number of Topliss-reactive ketones (excluding diaryl/α,β-unsaturated/α-hetero) is 1. The summed E-state index contributed by atoms with van der Waals surface area (Å²) in [5, 5.41) is 2.93. The Bertz CT molecular complexity index is 1320. The van der Waals surface area contributed by atoms with Gasteiger partial charge < -0.3 is 4.74 Å². The van der Waals surface area contributed by atoms with Crippen molar-refractivity contribution in [3.05, 3.63) is 89.8 Å². The van der Waals surface area contributed by atoms with Crippen molar-refractivity contribution in [2.75, 3.05) is 4.90 Å². The SMILES string of the molecule is CC1Oc2ccc(-c3csc(-c4ccccc4)n3)cc2N(C(C)C(=O)c2ccccc2)C1=O. The van der Waals surface area contributed by atoms with Crippen molar-refractivity contribution < 1.29 is 14.3 Å². The summed E-state index contributed by atoms with van der Waals surface area (Å²) in [5.41, 5.74) is 3.89. The maximum Gasteiger partial charge on any atom is 0.268 e. The average molecular weight is 455 g/mol. The highest BCUT2D eigenvalue weighted by molar-refractivity contribution is 7.13. The van der Waals surface area contributed by atoms with Gasteiger partial charge >= 0.3 is 0 Å². The highest BCUT2D eigenvalue weighted by atomic mass is 32.1. The maximum atomic E-state index is 13.2. The zero-order valence-electron chi connectivity index (χ0n) is 18.3. The minimum atomic E-state index is -0.671. The van der Waals surface area contributed by atoms with E-state index in [0.717, 1.165) is 21.8 Å². The highest BCUT2D eigenvalue weighted by Gasteiger charge is 2.37. The molecule has 0 saturated carbocycles. The summed E-state index contributed by atoms with van der Waals surface area (Å²) in [5.74, 6) is 0.228. The number of carbonyl (C=O) groups is 2. The molecule has 2 heterocycles. The molecule has 2 atom stereocenters. The fourth-order valence-electron chi connectivity index (χ4n) is 4.00. The molecule has 164 valence electrons. The maximum absolute atomic E-state index is 13.2. The Morgan fingerprint density at radius 1 is 1.00 bits per heavy atom. The Morgan fingerprint density at radius 3 is 2.42 bits per heavy atom. The number of hydrogen-bond acceptors (Lipinski definition) is 5. The molecule has 1 aliphatic rings. The number of nitrogens with zero attached hydrogens (tertiary/aromatic N) is 2. The minimum absolute atomic E-state index is 0.116. The molecule has 0 fully saturated rings. The van der Waals surface area contributed by atoms with Crippen molar-refractivity contribution in [3.63, 3.8) is 0 Å². The molecular weight excluding hydrogens is 432 g/mol. The number of carbonyl (C=O) groups excluding carboxylic acids is 2. The molecule has 1 aromatic heterocycles. The van der Waals surface area contributed by atoms with Gasteiger partial charge in [0.1, 0.15) is 10.8 Å². The molecule has 6 heteroatoms. The summed E-state index contributed by atoms with van der Waals surface area (Å²) < 4.78 is 5.86. The van der Waals surface area contributed by atoms with Gasteiger partial charge in [-0.25, -0.2) is 4.98 Å². The molecule has 1 amide bonds. The van der Waals surface area contributed by atoms with E-state index < -0.39 is 12.1 Å². The zero-order valence-corrected chi connectivity index (χ0v) is 19.1. The van der Waals surface area contributed by atoms with Gasteiger partial charge in [-0.2, -0.15) is 0 Å². The Balaban J connectivity index is 1.53. The van der Waals surface area contributed by atoms with E-state index in [1.807, 2.05) is 72.1 Å². The van der Waals surface area contributed by atoms with Crippen LogP contribution in [0.5, 0.6) is 5.75 Å². The van der Waals surface area contributed by atoms with Gasteiger partial charge in [0.15, 0.2) is 11.9 Å². The molecule has 1 aliphatic heterocycles. The van der Waals surface area contributed by atoms with Gasteiger partial charge in [-0.15, -0.1) is 11.3 Å². The molecule has 5 rings (SSSR count). The van der Waals surface area contributed by atoms with E-state index in [2.05, 4.69) is 0 Å². The molecule has 5 nitrogen and oxygen atoms in total. The second-order valence-corrected chi connectivity index (χ2v) is 8.82. The fraction of sp³-hybridized carbons (Fsp3) is 0.148. The van der Waals surface area contributed by atoms with Crippen LogP contribution in [-0.4, -0.2) is 28.8 Å². The Hall–Kier alpha value is -3.77. The summed E-state index contributed by atoms with van der Waals surface area (Å²) in [6.07, 6.45) is -0.668. The molecule has 4 aromatic rings. The van der Waals surface area contributed by atoms with Crippen LogP contribution in [0.15, 0.2) is 84.2 Å². The number of fused-ring (bicyclic) bond motifs is 1. The Labute approximate surface area is 196 Å². The van der Waals surface area contributed by atoms with E-state index in [9.17, 15) is 9.59 Å². The molecule has 0 N–H and O–H groups in total. The van der Waals surface area contributed by atoms with E-state index in [1.165, 1.54) is 0 Å². The number of ether oxygens (including phenoxy) is 1. The summed E-state index contributed by atoms with van der Waals surface area (Å²) >= 11 is 1.57. The van der Waals surface area contributed by atoms with Crippen LogP contribution < -0.4 is 9.64 Å². The third-order valence-electron chi connectivity index (χ3n) is 5.75. The number of hydrogen-bond donors (Lipinski definition) is 0. The molecule has 0 radical (unpaired) electrons. The summed E-state index contributed by atoms with van der Waals surface area (Å²) in [7, 11) is 0. The van der Waals surface area contributed by atoms with E-state index in [4.69, 9.17) is 9.72 Å². The smallest absolute Gasteiger partial charge is 0.268 e. The topological polar surface area (TPSA) is 59.5 Å². The van der Waals surface area contributed by atoms with Gasteiger partial charge in [-0.05, 0) is 32.0 Å². The molecule has 0 bridgehead atoms. The van der Waals surface area contributed by atoms with Gasteiger partial charge in [0.25, 0.3) is 5.91 Å². The van der Waals surface area contributed by atoms with Crippen LogP contribution in [0.4, 0.5) is 5.69 Å². The van der Waals surface area contributed by atoms with Crippen LogP contribution in [0.3, 0.4) is 0 Å². The predicted octanol–water partition coefficient (Wildman–Crippen LogP) is 5.86. The molecule has 0 saturated heterocycles. The first-order valence-corrected chi connectivity index (χ1v) is 11.7. The zero-order chi connectivity index (χ0) is 22.9. The van der Waals surface area contributed by atoms with E-state index in [0.29, 0.717) is 17.0 Å². The highest BCUT2D eigenvalue weighted by Crippen LogP contribution is 2.40. The molecule has 2 unspecified atom stereocenters. The van der Waals surface area contributed by atoms with Crippen LogP contribution >= 0.6 is 11.3 Å². The number of ketones is 1. The lowest BCUT2D eigenvalue weighted by Gasteiger charge is -2.36. The predicted molar refractivity (Wildman–Crippen MR) is 131 cm³/mol. The molecule has 0 spiro atoms. The standard InChI is InChI=1S/C27H22N2O3S/c1-17(25(30)19-9-5-3-6-10-19)29-23-15-21(13-14-24(23)32-18(2)27(29)31)22-16-33-26(28-22)20-11-7-4-8-12-20/h3-18H,1-2H3. The van der Waals surface area contributed by atoms with Crippen molar-refractivity contribution in [3.8, 4) is 27.6 Å². The molecular formula is C27H22N2O3S. The largest absolute Gasteiger partial charge is 0.479 e. The lowest BCUT2D eigenvalue weighted by Crippen LogP contribution is -2.51. The van der Waals surface area contributed by atoms with Gasteiger partial charge in [0.2, 0.25) is 0 Å². The van der Waals surface area contributed by atoms with E-state index in [-0.39, 0.29) is 11.7 Å². The van der Waals surface area contributed by atoms with Crippen LogP contribution in [0.2, 0.25) is 0 Å². The fourth-order valence-corrected chi connectivity index (χ4v) is 4.84. The van der Waals surface area contributed by atoms with Crippen molar-refractivity contribution in [1.29, 1.82) is 0 Å². The van der Waals surface area contributed by atoms with Gasteiger partial charge in [0.05, 0.1) is 17.4 Å². The second-order valence-electron chi connectivity index (χ2n) is 7.96. The summed E-state index contributed by atoms with van der Waals surface area (Å²) in [6, 6.07) is 24.1. The number of thiazole rings is 1. The molecule has 3 aromatic carbocycles. The first-order valence-electron chi connectivity index (χ1n) is 10.8. The summed E-state index contributed by atoms with van der Waals surface area (Å²) in [6.45, 7) is 3.47. The van der Waals surface area contributed by atoms with Crippen molar-refractivity contribution in [2.45, 2.75) is 26.0 Å². The summed E-state index contributed by atoms with van der Waals surface area (Å²) in [4.78, 5) is 32.7. The van der Waals surface area contributed by atoms with Crippen molar-refractivity contribution in [2.24, 2.45) is 0 Å². The number of benzene rings is 3.